The molecule has 0 saturated carbocycles. The van der Waals surface area contributed by atoms with Gasteiger partial charge in [0.15, 0.2) is 0 Å². The van der Waals surface area contributed by atoms with E-state index in [0.717, 1.165) is 0 Å². The molecule has 2 N–H and O–H groups in total. The van der Waals surface area contributed by atoms with Gasteiger partial charge in [0.1, 0.15) is 0 Å². The van der Waals surface area contributed by atoms with Crippen LogP contribution in [-0.2, 0) is 10.0 Å². The lowest BCUT2D eigenvalue weighted by molar-refractivity contribution is 0.327. The lowest BCUT2D eigenvalue weighted by Gasteiger charge is -2.39. The molecular weight excluding hydrogens is 312 g/mol. The number of thiocarbonyl (C=S) groups is 1. The van der Waals surface area contributed by atoms with Gasteiger partial charge >= 0.3 is 0 Å². The molecule has 0 amide bonds. The zero-order chi connectivity index (χ0) is 15.6. The summed E-state index contributed by atoms with van der Waals surface area (Å²) in [7, 11) is -3.16. The lowest BCUT2D eigenvalue weighted by atomic mass is 9.94. The quantitative estimate of drug-likeness (QED) is 0.779. The molecule has 0 spiro atoms. The van der Waals surface area contributed by atoms with Gasteiger partial charge in [-0.2, -0.15) is 11.8 Å². The molecule has 0 aliphatic carbocycles. The van der Waals surface area contributed by atoms with Gasteiger partial charge in [0, 0.05) is 13.1 Å². The molecule has 0 atom stereocenters. The number of nitrogens with zero attached hydrogens (tertiary/aromatic N) is 1. The van der Waals surface area contributed by atoms with Crippen molar-refractivity contribution in [2.24, 2.45) is 11.1 Å². The molecule has 1 fully saturated rings. The summed E-state index contributed by atoms with van der Waals surface area (Å²) >= 11 is 6.79. The maximum Gasteiger partial charge on any atom is 0.214 e. The van der Waals surface area contributed by atoms with Crippen LogP contribution in [0.4, 0.5) is 0 Å². The molecule has 1 heterocycles. The molecule has 0 unspecified atom stereocenters. The van der Waals surface area contributed by atoms with E-state index >= 15 is 0 Å². The Balaban J connectivity index is 2.67. The summed E-state index contributed by atoms with van der Waals surface area (Å²) in [6, 6.07) is 0. The van der Waals surface area contributed by atoms with Gasteiger partial charge in [-0.3, -0.25) is 0 Å². The van der Waals surface area contributed by atoms with Gasteiger partial charge in [-0.25, -0.2) is 12.7 Å². The van der Waals surface area contributed by atoms with Gasteiger partial charge in [0.2, 0.25) is 10.0 Å². The summed E-state index contributed by atoms with van der Waals surface area (Å²) in [4.78, 5) is 0.497. The molecule has 1 aliphatic heterocycles. The number of rotatable bonds is 5. The Morgan fingerprint density at radius 1 is 1.35 bits per heavy atom. The Labute approximate surface area is 132 Å². The third kappa shape index (κ3) is 4.58. The molecule has 1 aliphatic rings. The first-order valence-electron chi connectivity index (χ1n) is 6.85. The molecule has 1 rings (SSSR count). The van der Waals surface area contributed by atoms with E-state index in [1.807, 2.05) is 6.26 Å². The number of hydrogen-bond donors (Lipinski definition) is 1. The Kier molecular flexibility index (Phi) is 5.92. The maximum atomic E-state index is 12.4. The number of thioether (sulfide) groups is 1. The minimum Gasteiger partial charge on any atom is -0.392 e. The molecule has 4 nitrogen and oxygen atoms in total. The first-order valence-corrected chi connectivity index (χ1v) is 10.1. The summed E-state index contributed by atoms with van der Waals surface area (Å²) in [5.41, 5.74) is 5.86. The van der Waals surface area contributed by atoms with Crippen LogP contribution in [0.5, 0.6) is 0 Å². The standard InChI is InChI=1S/C13H26N2O2S3/c1-12(2,3)7-10-20(16,17)15-8-5-13(19-4,6-9-15)11(14)18/h5-10H2,1-4H3,(H2,14,18). The Morgan fingerprint density at radius 3 is 2.20 bits per heavy atom. The molecule has 20 heavy (non-hydrogen) atoms. The largest absolute Gasteiger partial charge is 0.392 e. The van der Waals surface area contributed by atoms with Crippen molar-refractivity contribution in [1.82, 2.24) is 4.31 Å². The van der Waals surface area contributed by atoms with E-state index in [1.54, 1.807) is 16.1 Å². The van der Waals surface area contributed by atoms with Crippen LogP contribution in [-0.4, -0.2) is 47.6 Å². The monoisotopic (exact) mass is 338 g/mol. The number of hydrogen-bond acceptors (Lipinski definition) is 4. The van der Waals surface area contributed by atoms with Crippen molar-refractivity contribution in [3.05, 3.63) is 0 Å². The SMILES string of the molecule is CSC1(C(N)=S)CCN(S(=O)(=O)CCC(C)(C)C)CC1. The zero-order valence-corrected chi connectivity index (χ0v) is 15.3. The minimum absolute atomic E-state index is 0.0325. The van der Waals surface area contributed by atoms with E-state index in [0.29, 0.717) is 37.3 Å². The Morgan fingerprint density at radius 2 is 1.85 bits per heavy atom. The fourth-order valence-electron chi connectivity index (χ4n) is 2.24. The van der Waals surface area contributed by atoms with E-state index in [1.165, 1.54) is 0 Å². The number of piperidine rings is 1. The van der Waals surface area contributed by atoms with Crippen LogP contribution in [0.2, 0.25) is 0 Å². The van der Waals surface area contributed by atoms with Crippen molar-refractivity contribution in [2.45, 2.75) is 44.8 Å². The molecule has 7 heteroatoms. The predicted molar refractivity (Wildman–Crippen MR) is 91.7 cm³/mol. The lowest BCUT2D eigenvalue weighted by Crippen LogP contribution is -2.51. The second-order valence-corrected chi connectivity index (χ2v) is 10.3. The highest BCUT2D eigenvalue weighted by Gasteiger charge is 2.39. The van der Waals surface area contributed by atoms with Gasteiger partial charge in [-0.1, -0.05) is 33.0 Å². The van der Waals surface area contributed by atoms with Crippen molar-refractivity contribution in [1.29, 1.82) is 0 Å². The molecular formula is C13H26N2O2S3. The van der Waals surface area contributed by atoms with Crippen LogP contribution in [0.15, 0.2) is 0 Å². The second-order valence-electron chi connectivity index (χ2n) is 6.59. The summed E-state index contributed by atoms with van der Waals surface area (Å²) in [5.74, 6) is 0.218. The average molecular weight is 339 g/mol. The van der Waals surface area contributed by atoms with E-state index in [9.17, 15) is 8.42 Å². The molecule has 0 bridgehead atoms. The van der Waals surface area contributed by atoms with Gasteiger partial charge in [-0.15, -0.1) is 0 Å². The second kappa shape index (κ2) is 6.50. The van der Waals surface area contributed by atoms with Crippen molar-refractivity contribution in [3.63, 3.8) is 0 Å². The van der Waals surface area contributed by atoms with E-state index in [4.69, 9.17) is 18.0 Å². The van der Waals surface area contributed by atoms with Crippen molar-refractivity contribution < 1.29 is 8.42 Å². The average Bonchev–Trinajstić information content (AvgIpc) is 2.35. The van der Waals surface area contributed by atoms with Crippen molar-refractivity contribution in [3.8, 4) is 0 Å². The third-order valence-electron chi connectivity index (χ3n) is 3.87. The van der Waals surface area contributed by atoms with Crippen LogP contribution in [0, 0.1) is 5.41 Å². The van der Waals surface area contributed by atoms with Crippen LogP contribution in [0.1, 0.15) is 40.0 Å². The Bertz CT molecular complexity index is 447. The molecule has 0 aromatic heterocycles. The fourth-order valence-corrected chi connectivity index (χ4v) is 5.35. The van der Waals surface area contributed by atoms with Crippen molar-refractivity contribution >= 4 is 39.0 Å². The van der Waals surface area contributed by atoms with E-state index < -0.39 is 10.0 Å². The smallest absolute Gasteiger partial charge is 0.214 e. The zero-order valence-electron chi connectivity index (χ0n) is 12.8. The molecule has 0 radical (unpaired) electrons. The van der Waals surface area contributed by atoms with Gasteiger partial charge in [-0.05, 0) is 30.9 Å². The highest BCUT2D eigenvalue weighted by molar-refractivity contribution is 8.02. The summed E-state index contributed by atoms with van der Waals surface area (Å²) in [6.45, 7) is 7.22. The maximum absolute atomic E-state index is 12.4. The summed E-state index contributed by atoms with van der Waals surface area (Å²) in [5, 5.41) is 0. The van der Waals surface area contributed by atoms with Crippen LogP contribution in [0.25, 0.3) is 0 Å². The number of sulfonamides is 1. The molecule has 118 valence electrons. The van der Waals surface area contributed by atoms with Crippen molar-refractivity contribution in [2.75, 3.05) is 25.1 Å². The van der Waals surface area contributed by atoms with Gasteiger partial charge in [0.05, 0.1) is 15.5 Å². The normalized spacial score (nSPS) is 20.8. The van der Waals surface area contributed by atoms with Crippen LogP contribution >= 0.6 is 24.0 Å². The van der Waals surface area contributed by atoms with Gasteiger partial charge < -0.3 is 5.73 Å². The first-order chi connectivity index (χ1) is 9.02. The first kappa shape index (κ1) is 18.2. The topological polar surface area (TPSA) is 63.4 Å². The number of nitrogens with two attached hydrogens (primary N) is 1. The molecule has 0 aromatic rings. The fraction of sp³-hybridized carbons (Fsp3) is 0.923. The molecule has 1 saturated heterocycles. The van der Waals surface area contributed by atoms with Crippen LogP contribution in [0.3, 0.4) is 0 Å². The minimum atomic E-state index is -3.16. The Hall–Kier alpha value is 0.150. The highest BCUT2D eigenvalue weighted by Crippen LogP contribution is 2.36. The van der Waals surface area contributed by atoms with Gasteiger partial charge in [0.25, 0.3) is 0 Å². The summed E-state index contributed by atoms with van der Waals surface area (Å²) in [6.07, 6.45) is 4.08. The third-order valence-corrected chi connectivity index (χ3v) is 7.67. The highest BCUT2D eigenvalue weighted by atomic mass is 32.2. The predicted octanol–water partition coefficient (Wildman–Crippen LogP) is 2.24. The molecule has 0 aromatic carbocycles. The van der Waals surface area contributed by atoms with E-state index in [-0.39, 0.29) is 15.9 Å². The van der Waals surface area contributed by atoms with E-state index in [2.05, 4.69) is 20.8 Å². The summed E-state index contributed by atoms with van der Waals surface area (Å²) < 4.78 is 26.1. The van der Waals surface area contributed by atoms with Crippen LogP contribution < -0.4 is 5.73 Å².